The lowest BCUT2D eigenvalue weighted by Gasteiger charge is -2.15. The number of amides is 2. The van der Waals surface area contributed by atoms with Gasteiger partial charge in [-0.3, -0.25) is 24.5 Å². The van der Waals surface area contributed by atoms with Crippen LogP contribution in [0.2, 0.25) is 0 Å². The number of nitrogens with one attached hydrogen (secondary N) is 2. The summed E-state index contributed by atoms with van der Waals surface area (Å²) in [5, 5.41) is 23.2. The van der Waals surface area contributed by atoms with Crippen molar-refractivity contribution in [3.05, 3.63) is 83.8 Å². The molecule has 0 aliphatic carbocycles. The van der Waals surface area contributed by atoms with E-state index in [2.05, 4.69) is 41.9 Å². The van der Waals surface area contributed by atoms with Gasteiger partial charge in [0.05, 0.1) is 41.0 Å². The molecule has 0 fully saturated rings. The highest BCUT2D eigenvalue weighted by Crippen LogP contribution is 2.28. The number of hydrogen-bond donors (Lipinski definition) is 2. The molecule has 184 valence electrons. The van der Waals surface area contributed by atoms with Gasteiger partial charge in [0, 0.05) is 41.8 Å². The number of carbonyl (C=O) groups is 2. The number of nitriles is 1. The first-order valence-electron chi connectivity index (χ1n) is 11.4. The van der Waals surface area contributed by atoms with E-state index < -0.39 is 5.41 Å². The van der Waals surface area contributed by atoms with Crippen molar-refractivity contribution in [2.75, 3.05) is 12.4 Å². The molecule has 2 N–H and O–H groups in total. The summed E-state index contributed by atoms with van der Waals surface area (Å²) in [5.74, 6) is -0.641. The molecule has 0 atom stereocenters. The Kier molecular flexibility index (Phi) is 6.97. The van der Waals surface area contributed by atoms with E-state index in [0.29, 0.717) is 39.6 Å². The fourth-order valence-electron chi connectivity index (χ4n) is 3.55. The van der Waals surface area contributed by atoms with Crippen molar-refractivity contribution in [3.63, 3.8) is 0 Å². The number of rotatable bonds is 6. The third-order valence-electron chi connectivity index (χ3n) is 5.77. The van der Waals surface area contributed by atoms with E-state index in [0.717, 1.165) is 11.1 Å². The molecule has 4 heterocycles. The number of aromatic nitrogens is 5. The predicted octanol–water partition coefficient (Wildman–Crippen LogP) is 3.72. The summed E-state index contributed by atoms with van der Waals surface area (Å²) in [5.41, 5.74) is 4.27. The van der Waals surface area contributed by atoms with E-state index in [1.54, 1.807) is 69.8 Å². The van der Waals surface area contributed by atoms with Crippen molar-refractivity contribution in [2.45, 2.75) is 26.2 Å². The molecule has 4 aromatic rings. The van der Waals surface area contributed by atoms with Gasteiger partial charge in [-0.25, -0.2) is 0 Å². The molecule has 2 amide bonds. The molecule has 10 heteroatoms. The third-order valence-corrected chi connectivity index (χ3v) is 5.77. The summed E-state index contributed by atoms with van der Waals surface area (Å²) in [6.45, 7) is 5.33. The number of anilines is 1. The normalized spacial score (nSPS) is 10.9. The second-order valence-corrected chi connectivity index (χ2v) is 8.82. The lowest BCUT2D eigenvalue weighted by Crippen LogP contribution is -2.19. The molecule has 0 saturated carbocycles. The zero-order valence-corrected chi connectivity index (χ0v) is 20.8. The van der Waals surface area contributed by atoms with Crippen LogP contribution in [0, 0.1) is 18.3 Å². The van der Waals surface area contributed by atoms with Gasteiger partial charge in [-0.1, -0.05) is 0 Å². The average molecular weight is 493 g/mol. The second kappa shape index (κ2) is 10.3. The molecule has 0 spiro atoms. The van der Waals surface area contributed by atoms with Crippen LogP contribution in [-0.2, 0) is 5.41 Å². The van der Waals surface area contributed by atoms with Crippen LogP contribution in [0.1, 0.15) is 46.1 Å². The molecule has 0 radical (unpaired) electrons. The Balaban J connectivity index is 1.63. The first kappa shape index (κ1) is 25.1. The molecule has 0 bridgehead atoms. The molecule has 4 aromatic heterocycles. The first-order valence-corrected chi connectivity index (χ1v) is 11.4. The summed E-state index contributed by atoms with van der Waals surface area (Å²) in [6.07, 6.45) is 6.24. The van der Waals surface area contributed by atoms with Crippen LogP contribution in [0.3, 0.4) is 0 Å². The van der Waals surface area contributed by atoms with E-state index >= 15 is 0 Å². The smallest absolute Gasteiger partial charge is 0.269 e. The van der Waals surface area contributed by atoms with Gasteiger partial charge in [-0.05, 0) is 62.7 Å². The maximum Gasteiger partial charge on any atom is 0.269 e. The summed E-state index contributed by atoms with van der Waals surface area (Å²) in [7, 11) is 1.55. The zero-order valence-electron chi connectivity index (χ0n) is 20.8. The fourth-order valence-corrected chi connectivity index (χ4v) is 3.55. The lowest BCUT2D eigenvalue weighted by atomic mass is 9.90. The quantitative estimate of drug-likeness (QED) is 0.414. The molecule has 0 aromatic carbocycles. The Morgan fingerprint density at radius 2 is 1.73 bits per heavy atom. The summed E-state index contributed by atoms with van der Waals surface area (Å²) < 4.78 is 0. The van der Waals surface area contributed by atoms with Gasteiger partial charge < -0.3 is 10.6 Å². The topological polar surface area (TPSA) is 146 Å². The predicted molar refractivity (Wildman–Crippen MR) is 137 cm³/mol. The Morgan fingerprint density at radius 3 is 2.49 bits per heavy atom. The summed E-state index contributed by atoms with van der Waals surface area (Å²) in [6, 6.07) is 12.5. The molecular formula is C27H24N8O2. The molecule has 10 nitrogen and oxygen atoms in total. The number of pyridine rings is 3. The van der Waals surface area contributed by atoms with E-state index in [1.807, 2.05) is 13.0 Å². The van der Waals surface area contributed by atoms with Crippen molar-refractivity contribution in [1.82, 2.24) is 30.5 Å². The minimum Gasteiger partial charge on any atom is -0.354 e. The zero-order chi connectivity index (χ0) is 26.6. The number of nitrogens with zero attached hydrogens (tertiary/aromatic N) is 6. The monoisotopic (exact) mass is 492 g/mol. The van der Waals surface area contributed by atoms with Gasteiger partial charge in [-0.2, -0.15) is 15.5 Å². The highest BCUT2D eigenvalue weighted by Gasteiger charge is 2.23. The lowest BCUT2D eigenvalue weighted by molar-refractivity contribution is 0.0957. The summed E-state index contributed by atoms with van der Waals surface area (Å²) in [4.78, 5) is 37.7. The molecule has 0 unspecified atom stereocenters. The van der Waals surface area contributed by atoms with Crippen molar-refractivity contribution >= 4 is 17.5 Å². The van der Waals surface area contributed by atoms with Crippen LogP contribution in [0.15, 0.2) is 61.2 Å². The highest BCUT2D eigenvalue weighted by molar-refractivity contribution is 6.04. The summed E-state index contributed by atoms with van der Waals surface area (Å²) >= 11 is 0. The Bertz CT molecular complexity index is 1540. The van der Waals surface area contributed by atoms with Crippen LogP contribution < -0.4 is 10.6 Å². The highest BCUT2D eigenvalue weighted by atomic mass is 16.2. The maximum atomic E-state index is 12.9. The van der Waals surface area contributed by atoms with Gasteiger partial charge in [-0.15, -0.1) is 0 Å². The van der Waals surface area contributed by atoms with E-state index in [9.17, 15) is 14.9 Å². The largest absolute Gasteiger partial charge is 0.354 e. The van der Waals surface area contributed by atoms with Gasteiger partial charge in [0.25, 0.3) is 11.8 Å². The van der Waals surface area contributed by atoms with Crippen LogP contribution in [0.4, 0.5) is 5.69 Å². The average Bonchev–Trinajstić information content (AvgIpc) is 2.93. The molecular weight excluding hydrogens is 468 g/mol. The van der Waals surface area contributed by atoms with Crippen molar-refractivity contribution < 1.29 is 9.59 Å². The standard InChI is InChI=1S/C27H24N8O2/c1-16-21(22-10-19(13-33-35-22)17-5-7-30-23(9-17)26(37)29-4)12-20(14-32-16)34-25(36)18-6-8-31-24(11-18)27(2,3)15-28/h5-14H,1-4H3,(H,29,37)(H,34,36). The molecule has 0 saturated heterocycles. The molecule has 37 heavy (non-hydrogen) atoms. The van der Waals surface area contributed by atoms with Gasteiger partial charge in [0.15, 0.2) is 0 Å². The maximum absolute atomic E-state index is 12.9. The van der Waals surface area contributed by atoms with Gasteiger partial charge in [0.2, 0.25) is 0 Å². The van der Waals surface area contributed by atoms with Crippen LogP contribution in [0.5, 0.6) is 0 Å². The minimum absolute atomic E-state index is 0.287. The molecule has 4 rings (SSSR count). The second-order valence-electron chi connectivity index (χ2n) is 8.82. The SMILES string of the molecule is CNC(=O)c1cc(-c2cnnc(-c3cc(NC(=O)c4ccnc(C(C)(C)C#N)c4)cnc3C)c2)ccn1. The van der Waals surface area contributed by atoms with Crippen LogP contribution >= 0.6 is 0 Å². The molecule has 0 aliphatic heterocycles. The minimum atomic E-state index is -0.825. The first-order chi connectivity index (χ1) is 17.7. The third kappa shape index (κ3) is 5.46. The Morgan fingerprint density at radius 1 is 0.946 bits per heavy atom. The number of hydrogen-bond acceptors (Lipinski definition) is 8. The van der Waals surface area contributed by atoms with Crippen molar-refractivity contribution in [3.8, 4) is 28.5 Å². The van der Waals surface area contributed by atoms with Crippen LogP contribution in [-0.4, -0.2) is 44.0 Å². The number of aryl methyl sites for hydroxylation is 1. The van der Waals surface area contributed by atoms with Crippen molar-refractivity contribution in [2.24, 2.45) is 0 Å². The Labute approximate surface area is 213 Å². The van der Waals surface area contributed by atoms with Crippen LogP contribution in [0.25, 0.3) is 22.4 Å². The van der Waals surface area contributed by atoms with Gasteiger partial charge >= 0.3 is 0 Å². The molecule has 0 aliphatic rings. The Hall–Kier alpha value is -5.04. The number of carbonyl (C=O) groups excluding carboxylic acids is 2. The van der Waals surface area contributed by atoms with E-state index in [1.165, 1.54) is 6.20 Å². The van der Waals surface area contributed by atoms with Gasteiger partial charge in [0.1, 0.15) is 5.69 Å². The van der Waals surface area contributed by atoms with E-state index in [-0.39, 0.29) is 11.8 Å². The van der Waals surface area contributed by atoms with Crippen molar-refractivity contribution in [1.29, 1.82) is 5.26 Å². The van der Waals surface area contributed by atoms with E-state index in [4.69, 9.17) is 0 Å². The fraction of sp³-hybridized carbons (Fsp3) is 0.185.